The first-order valence-electron chi connectivity index (χ1n) is 9.10. The second-order valence-electron chi connectivity index (χ2n) is 7.23. The number of carbonyl (C=O) groups excluding carboxylic acids is 2. The Bertz CT molecular complexity index is 669. The molecule has 2 amide bonds. The summed E-state index contributed by atoms with van der Waals surface area (Å²) in [6, 6.07) is 7.80. The molecule has 134 valence electrons. The Labute approximate surface area is 148 Å². The molecule has 6 heteroatoms. The van der Waals surface area contributed by atoms with E-state index in [1.807, 2.05) is 29.2 Å². The van der Waals surface area contributed by atoms with Crippen LogP contribution in [0, 0.1) is 0 Å². The number of rotatable bonds is 3. The minimum absolute atomic E-state index is 0.0808. The Balaban J connectivity index is 1.49. The molecule has 1 atom stereocenters. The van der Waals surface area contributed by atoms with Crippen LogP contribution in [-0.2, 0) is 15.0 Å². The number of ether oxygens (including phenoxy) is 1. The van der Waals surface area contributed by atoms with Crippen LogP contribution in [0.1, 0.15) is 24.8 Å². The number of amides is 2. The van der Waals surface area contributed by atoms with E-state index in [-0.39, 0.29) is 23.3 Å². The number of nitrogens with zero attached hydrogens (tertiary/aromatic N) is 2. The van der Waals surface area contributed by atoms with Crippen molar-refractivity contribution in [3.8, 4) is 5.75 Å². The molecule has 2 saturated heterocycles. The van der Waals surface area contributed by atoms with Crippen LogP contribution in [0.15, 0.2) is 24.3 Å². The third-order valence-electron chi connectivity index (χ3n) is 5.86. The Hall–Kier alpha value is -2.08. The maximum atomic E-state index is 13.3. The predicted molar refractivity (Wildman–Crippen MR) is 93.5 cm³/mol. The van der Waals surface area contributed by atoms with Gasteiger partial charge in [0.1, 0.15) is 5.75 Å². The molecule has 1 saturated carbocycles. The van der Waals surface area contributed by atoms with Crippen LogP contribution >= 0.6 is 0 Å². The summed E-state index contributed by atoms with van der Waals surface area (Å²) in [5.41, 5.74) is 0.720. The predicted octanol–water partition coefficient (Wildman–Crippen LogP) is 0.760. The van der Waals surface area contributed by atoms with Gasteiger partial charge in [-0.25, -0.2) is 0 Å². The van der Waals surface area contributed by atoms with Crippen LogP contribution in [0.25, 0.3) is 0 Å². The summed E-state index contributed by atoms with van der Waals surface area (Å²) in [6.45, 7) is 3.73. The molecule has 1 unspecified atom stereocenters. The molecule has 0 radical (unpaired) electrons. The standard InChI is InChI=1S/C19H25N3O3/c1-25-15-4-2-14(3-5-15)19(7-8-19)18(24)22-10-6-16-17(23)20-9-11-21(16)12-13-22/h2-5,16H,6-13H2,1H3,(H,20,23). The van der Waals surface area contributed by atoms with E-state index < -0.39 is 0 Å². The highest BCUT2D eigenvalue weighted by molar-refractivity contribution is 5.91. The van der Waals surface area contributed by atoms with Crippen molar-refractivity contribution in [1.82, 2.24) is 15.1 Å². The summed E-state index contributed by atoms with van der Waals surface area (Å²) in [5.74, 6) is 1.14. The molecule has 0 bridgehead atoms. The molecule has 2 heterocycles. The Morgan fingerprint density at radius 2 is 1.92 bits per heavy atom. The third-order valence-corrected chi connectivity index (χ3v) is 5.86. The van der Waals surface area contributed by atoms with Crippen LogP contribution in [0.3, 0.4) is 0 Å². The lowest BCUT2D eigenvalue weighted by atomic mass is 9.94. The van der Waals surface area contributed by atoms with Crippen LogP contribution in [-0.4, -0.2) is 67.5 Å². The summed E-state index contributed by atoms with van der Waals surface area (Å²) >= 11 is 0. The van der Waals surface area contributed by atoms with Gasteiger partial charge in [-0.05, 0) is 37.0 Å². The highest BCUT2D eigenvalue weighted by Crippen LogP contribution is 2.50. The zero-order valence-electron chi connectivity index (χ0n) is 14.7. The van der Waals surface area contributed by atoms with Crippen molar-refractivity contribution < 1.29 is 14.3 Å². The normalized spacial score (nSPS) is 25.6. The van der Waals surface area contributed by atoms with Gasteiger partial charge in [0.2, 0.25) is 11.8 Å². The van der Waals surface area contributed by atoms with Crippen molar-refractivity contribution in [3.05, 3.63) is 29.8 Å². The number of hydrogen-bond donors (Lipinski definition) is 1. The number of methoxy groups -OCH3 is 1. The van der Waals surface area contributed by atoms with E-state index in [2.05, 4.69) is 10.2 Å². The third kappa shape index (κ3) is 2.88. The summed E-state index contributed by atoms with van der Waals surface area (Å²) in [5, 5.41) is 2.94. The number of carbonyl (C=O) groups is 2. The first-order valence-corrected chi connectivity index (χ1v) is 9.10. The molecular weight excluding hydrogens is 318 g/mol. The van der Waals surface area contributed by atoms with Crippen LogP contribution in [0.4, 0.5) is 0 Å². The van der Waals surface area contributed by atoms with E-state index >= 15 is 0 Å². The maximum absolute atomic E-state index is 13.3. The number of nitrogens with one attached hydrogen (secondary N) is 1. The average Bonchev–Trinajstić information content (AvgIpc) is 3.46. The molecule has 25 heavy (non-hydrogen) atoms. The van der Waals surface area contributed by atoms with Gasteiger partial charge in [0.15, 0.2) is 0 Å². The zero-order valence-corrected chi connectivity index (χ0v) is 14.7. The number of benzene rings is 1. The second kappa shape index (κ2) is 6.33. The highest BCUT2D eigenvalue weighted by Gasteiger charge is 2.53. The molecule has 4 rings (SSSR count). The largest absolute Gasteiger partial charge is 0.497 e. The Kier molecular flexibility index (Phi) is 4.15. The molecular formula is C19H25N3O3. The topological polar surface area (TPSA) is 61.9 Å². The lowest BCUT2D eigenvalue weighted by Gasteiger charge is -2.32. The van der Waals surface area contributed by atoms with Gasteiger partial charge in [0, 0.05) is 32.7 Å². The summed E-state index contributed by atoms with van der Waals surface area (Å²) in [4.78, 5) is 29.5. The summed E-state index contributed by atoms with van der Waals surface area (Å²) in [6.07, 6.45) is 2.53. The van der Waals surface area contributed by atoms with Gasteiger partial charge in [-0.1, -0.05) is 12.1 Å². The first kappa shape index (κ1) is 16.4. The molecule has 1 aromatic carbocycles. The van der Waals surface area contributed by atoms with E-state index in [0.717, 1.165) is 43.7 Å². The van der Waals surface area contributed by atoms with Crippen molar-refractivity contribution in [3.63, 3.8) is 0 Å². The van der Waals surface area contributed by atoms with Crippen molar-refractivity contribution in [2.24, 2.45) is 0 Å². The lowest BCUT2D eigenvalue weighted by Crippen LogP contribution is -2.55. The van der Waals surface area contributed by atoms with Gasteiger partial charge in [0.25, 0.3) is 0 Å². The SMILES string of the molecule is COc1ccc(C2(C(=O)N3CCC4C(=O)NCCN4CC3)CC2)cc1. The Morgan fingerprint density at radius 3 is 2.60 bits per heavy atom. The van der Waals surface area contributed by atoms with E-state index in [1.165, 1.54) is 0 Å². The zero-order chi connectivity index (χ0) is 17.4. The number of piperazine rings is 1. The molecule has 0 aromatic heterocycles. The number of fused-ring (bicyclic) bond motifs is 1. The quantitative estimate of drug-likeness (QED) is 0.880. The van der Waals surface area contributed by atoms with Gasteiger partial charge in [-0.3, -0.25) is 14.5 Å². The van der Waals surface area contributed by atoms with Gasteiger partial charge < -0.3 is 15.0 Å². The van der Waals surface area contributed by atoms with Crippen molar-refractivity contribution >= 4 is 11.8 Å². The fourth-order valence-corrected chi connectivity index (χ4v) is 4.15. The number of hydrogen-bond acceptors (Lipinski definition) is 4. The maximum Gasteiger partial charge on any atom is 0.237 e. The minimum Gasteiger partial charge on any atom is -0.497 e. The first-order chi connectivity index (χ1) is 12.1. The fourth-order valence-electron chi connectivity index (χ4n) is 4.15. The van der Waals surface area contributed by atoms with Crippen molar-refractivity contribution in [2.75, 3.05) is 39.8 Å². The van der Waals surface area contributed by atoms with Crippen LogP contribution < -0.4 is 10.1 Å². The lowest BCUT2D eigenvalue weighted by molar-refractivity contribution is -0.134. The average molecular weight is 343 g/mol. The molecule has 1 N–H and O–H groups in total. The van der Waals surface area contributed by atoms with Gasteiger partial charge in [-0.15, -0.1) is 0 Å². The Morgan fingerprint density at radius 1 is 1.16 bits per heavy atom. The molecule has 1 aromatic rings. The van der Waals surface area contributed by atoms with Crippen molar-refractivity contribution in [2.45, 2.75) is 30.7 Å². The molecule has 2 aliphatic heterocycles. The molecule has 0 spiro atoms. The van der Waals surface area contributed by atoms with Crippen LogP contribution in [0.2, 0.25) is 0 Å². The monoisotopic (exact) mass is 343 g/mol. The fraction of sp³-hybridized carbons (Fsp3) is 0.579. The van der Waals surface area contributed by atoms with Gasteiger partial charge in [-0.2, -0.15) is 0 Å². The molecule has 1 aliphatic carbocycles. The second-order valence-corrected chi connectivity index (χ2v) is 7.23. The van der Waals surface area contributed by atoms with Crippen molar-refractivity contribution in [1.29, 1.82) is 0 Å². The van der Waals surface area contributed by atoms with E-state index in [9.17, 15) is 9.59 Å². The smallest absolute Gasteiger partial charge is 0.237 e. The van der Waals surface area contributed by atoms with E-state index in [4.69, 9.17) is 4.74 Å². The van der Waals surface area contributed by atoms with Gasteiger partial charge in [0.05, 0.1) is 18.6 Å². The van der Waals surface area contributed by atoms with E-state index in [0.29, 0.717) is 19.6 Å². The summed E-state index contributed by atoms with van der Waals surface area (Å²) < 4.78 is 5.22. The molecule has 3 aliphatic rings. The highest BCUT2D eigenvalue weighted by atomic mass is 16.5. The minimum atomic E-state index is -0.362. The van der Waals surface area contributed by atoms with E-state index in [1.54, 1.807) is 7.11 Å². The summed E-state index contributed by atoms with van der Waals surface area (Å²) in [7, 11) is 1.65. The van der Waals surface area contributed by atoms with Gasteiger partial charge >= 0.3 is 0 Å². The molecule has 3 fully saturated rings. The molecule has 6 nitrogen and oxygen atoms in total. The van der Waals surface area contributed by atoms with Crippen LogP contribution in [0.5, 0.6) is 5.75 Å².